The molecule has 1 aromatic carbocycles. The van der Waals surface area contributed by atoms with Crippen molar-refractivity contribution in [2.45, 2.75) is 77.9 Å². The summed E-state index contributed by atoms with van der Waals surface area (Å²) in [6, 6.07) is 6.78. The van der Waals surface area contributed by atoms with Crippen molar-refractivity contribution < 1.29 is 4.79 Å². The molecule has 5 rings (SSSR count). The van der Waals surface area contributed by atoms with E-state index in [0.29, 0.717) is 12.1 Å². The number of hydrogen-bond acceptors (Lipinski definition) is 3. The van der Waals surface area contributed by atoms with Crippen molar-refractivity contribution in [3.63, 3.8) is 0 Å². The van der Waals surface area contributed by atoms with E-state index >= 15 is 0 Å². The highest BCUT2D eigenvalue weighted by Gasteiger charge is 2.40. The van der Waals surface area contributed by atoms with Gasteiger partial charge in [-0.25, -0.2) is 0 Å². The van der Waals surface area contributed by atoms with E-state index in [-0.39, 0.29) is 11.3 Å². The number of carbonyl (C=O) groups is 1. The van der Waals surface area contributed by atoms with Crippen molar-refractivity contribution >= 4 is 23.0 Å². The summed E-state index contributed by atoms with van der Waals surface area (Å²) in [5.41, 5.74) is 4.99. The van der Waals surface area contributed by atoms with Crippen molar-refractivity contribution in [1.82, 2.24) is 14.7 Å². The average molecular weight is 405 g/mol. The minimum absolute atomic E-state index is 0.183. The third-order valence-electron chi connectivity index (χ3n) is 6.78. The van der Waals surface area contributed by atoms with Crippen LogP contribution in [0, 0.1) is 5.41 Å². The fourth-order valence-electron chi connectivity index (χ4n) is 4.86. The van der Waals surface area contributed by atoms with Crippen LogP contribution in [0.3, 0.4) is 0 Å². The Labute approximate surface area is 178 Å². The van der Waals surface area contributed by atoms with Crippen LogP contribution in [0.25, 0.3) is 10.9 Å². The van der Waals surface area contributed by atoms with Crippen molar-refractivity contribution in [3.8, 4) is 0 Å². The second kappa shape index (κ2) is 7.36. The molecule has 1 aliphatic heterocycles. The van der Waals surface area contributed by atoms with Crippen LogP contribution >= 0.6 is 0 Å². The van der Waals surface area contributed by atoms with Gasteiger partial charge < -0.3 is 4.90 Å². The summed E-state index contributed by atoms with van der Waals surface area (Å²) in [7, 11) is 0. The number of aromatic nitrogens is 2. The lowest BCUT2D eigenvalue weighted by Crippen LogP contribution is -2.43. The van der Waals surface area contributed by atoms with E-state index in [2.05, 4.69) is 46.5 Å². The second-order valence-electron chi connectivity index (χ2n) is 10.4. The second-order valence-corrected chi connectivity index (χ2v) is 10.4. The first kappa shape index (κ1) is 19.5. The zero-order valence-electron chi connectivity index (χ0n) is 18.4. The summed E-state index contributed by atoms with van der Waals surface area (Å²) in [6.07, 6.45) is 10.3. The minimum Gasteiger partial charge on any atom is -0.332 e. The van der Waals surface area contributed by atoms with Gasteiger partial charge >= 0.3 is 0 Å². The average Bonchev–Trinajstić information content (AvgIpc) is 3.27. The minimum atomic E-state index is 0.183. The molecule has 30 heavy (non-hydrogen) atoms. The molecule has 2 heterocycles. The summed E-state index contributed by atoms with van der Waals surface area (Å²) in [4.78, 5) is 20.5. The molecule has 3 aliphatic rings. The molecule has 1 amide bonds. The first-order chi connectivity index (χ1) is 14.4. The topological polar surface area (TPSA) is 50.5 Å². The summed E-state index contributed by atoms with van der Waals surface area (Å²) in [5.74, 6) is 0.183. The van der Waals surface area contributed by atoms with E-state index < -0.39 is 0 Å². The van der Waals surface area contributed by atoms with E-state index in [9.17, 15) is 4.79 Å². The van der Waals surface area contributed by atoms with Crippen LogP contribution in [-0.4, -0.2) is 45.4 Å². The highest BCUT2D eigenvalue weighted by atomic mass is 16.2. The number of fused-ring (bicyclic) bond motifs is 1. The van der Waals surface area contributed by atoms with Crippen molar-refractivity contribution in [3.05, 3.63) is 41.1 Å². The third-order valence-corrected chi connectivity index (χ3v) is 6.78. The number of nitrogens with zero attached hydrogens (tertiary/aromatic N) is 4. The number of benzene rings is 1. The van der Waals surface area contributed by atoms with Crippen LogP contribution in [0.15, 0.2) is 40.5 Å². The van der Waals surface area contributed by atoms with Gasteiger partial charge in [-0.3, -0.25) is 14.5 Å². The van der Waals surface area contributed by atoms with Crippen LogP contribution in [-0.2, 0) is 6.54 Å². The predicted octanol–water partition coefficient (Wildman–Crippen LogP) is 5.01. The number of rotatable bonds is 5. The van der Waals surface area contributed by atoms with Gasteiger partial charge in [0.2, 0.25) is 0 Å². The van der Waals surface area contributed by atoms with Gasteiger partial charge in [0.15, 0.2) is 0 Å². The number of carbonyl (C=O) groups excluding carboxylic acids is 1. The molecule has 1 unspecified atom stereocenters. The highest BCUT2D eigenvalue weighted by molar-refractivity contribution is 6.06. The number of aliphatic imine (C=N–C) groups is 1. The van der Waals surface area contributed by atoms with Gasteiger partial charge in [0.25, 0.3) is 5.91 Å². The standard InChI is InChI=1S/C25H32N4O/c1-25(2,3)11-12-28-23-6-4-5-21(22(23)16-27-28)24(30)29(19-9-10-19)20-8-7-17-14-26-15-18(17)13-20/h4-6,15-16,19-20H,7-14H2,1-3H3. The van der Waals surface area contributed by atoms with Crippen LogP contribution in [0.1, 0.15) is 69.7 Å². The molecule has 5 nitrogen and oxygen atoms in total. The molecule has 0 spiro atoms. The van der Waals surface area contributed by atoms with Crippen LogP contribution in [0.5, 0.6) is 0 Å². The lowest BCUT2D eigenvalue weighted by atomic mass is 9.88. The Bertz CT molecular complexity index is 1040. The maximum Gasteiger partial charge on any atom is 0.255 e. The van der Waals surface area contributed by atoms with E-state index in [1.165, 1.54) is 11.1 Å². The molecule has 2 aliphatic carbocycles. The van der Waals surface area contributed by atoms with Crippen LogP contribution < -0.4 is 0 Å². The van der Waals surface area contributed by atoms with Gasteiger partial charge in [-0.2, -0.15) is 5.10 Å². The smallest absolute Gasteiger partial charge is 0.255 e. The Morgan fingerprint density at radius 2 is 2.03 bits per heavy atom. The zero-order chi connectivity index (χ0) is 20.9. The summed E-state index contributed by atoms with van der Waals surface area (Å²) in [6.45, 7) is 8.49. The molecule has 1 fully saturated rings. The van der Waals surface area contributed by atoms with E-state index in [0.717, 1.165) is 68.1 Å². The molecule has 5 heteroatoms. The molecular weight excluding hydrogens is 372 g/mol. The molecular formula is C25H32N4O. The maximum atomic E-state index is 13.8. The molecule has 0 N–H and O–H groups in total. The number of aryl methyl sites for hydroxylation is 1. The number of hydrogen-bond donors (Lipinski definition) is 0. The summed E-state index contributed by atoms with van der Waals surface area (Å²) >= 11 is 0. The Kier molecular flexibility index (Phi) is 4.79. The Morgan fingerprint density at radius 3 is 2.80 bits per heavy atom. The number of amides is 1. The fraction of sp³-hybridized carbons (Fsp3) is 0.560. The SMILES string of the molecule is CC(C)(C)CCn1ncc2c(C(=O)N(C3CC3)C3CCC4=C(C=NC4)C3)cccc21. The molecule has 1 atom stereocenters. The van der Waals surface area contributed by atoms with Crippen LogP contribution in [0.4, 0.5) is 0 Å². The van der Waals surface area contributed by atoms with Crippen molar-refractivity contribution in [2.75, 3.05) is 6.54 Å². The molecule has 0 saturated heterocycles. The maximum absolute atomic E-state index is 13.8. The summed E-state index contributed by atoms with van der Waals surface area (Å²) in [5, 5.41) is 5.62. The van der Waals surface area contributed by atoms with Gasteiger partial charge in [-0.05, 0) is 67.2 Å². The monoisotopic (exact) mass is 404 g/mol. The van der Waals surface area contributed by atoms with Gasteiger partial charge in [-0.1, -0.05) is 26.8 Å². The molecule has 0 bridgehead atoms. The first-order valence-electron chi connectivity index (χ1n) is 11.4. The first-order valence-corrected chi connectivity index (χ1v) is 11.4. The lowest BCUT2D eigenvalue weighted by molar-refractivity contribution is 0.0647. The van der Waals surface area contributed by atoms with Gasteiger partial charge in [0, 0.05) is 30.2 Å². The van der Waals surface area contributed by atoms with Gasteiger partial charge in [-0.15, -0.1) is 0 Å². The van der Waals surface area contributed by atoms with Crippen molar-refractivity contribution in [1.29, 1.82) is 0 Å². The molecule has 1 saturated carbocycles. The van der Waals surface area contributed by atoms with E-state index in [1.54, 1.807) is 0 Å². The Balaban J connectivity index is 1.43. The molecule has 2 aromatic rings. The lowest BCUT2D eigenvalue weighted by Gasteiger charge is -2.35. The van der Waals surface area contributed by atoms with Gasteiger partial charge in [0.05, 0.1) is 23.8 Å². The largest absolute Gasteiger partial charge is 0.332 e. The molecule has 0 radical (unpaired) electrons. The highest BCUT2D eigenvalue weighted by Crippen LogP contribution is 2.38. The quantitative estimate of drug-likeness (QED) is 0.703. The summed E-state index contributed by atoms with van der Waals surface area (Å²) < 4.78 is 2.06. The van der Waals surface area contributed by atoms with Gasteiger partial charge in [0.1, 0.15) is 0 Å². The van der Waals surface area contributed by atoms with E-state index in [1.807, 2.05) is 24.5 Å². The Morgan fingerprint density at radius 1 is 1.20 bits per heavy atom. The van der Waals surface area contributed by atoms with Crippen LogP contribution in [0.2, 0.25) is 0 Å². The predicted molar refractivity (Wildman–Crippen MR) is 121 cm³/mol. The molecule has 1 aromatic heterocycles. The zero-order valence-corrected chi connectivity index (χ0v) is 18.4. The normalized spacial score (nSPS) is 21.4. The van der Waals surface area contributed by atoms with Crippen molar-refractivity contribution in [2.24, 2.45) is 10.4 Å². The third kappa shape index (κ3) is 3.70. The molecule has 158 valence electrons. The Hall–Kier alpha value is -2.43. The van der Waals surface area contributed by atoms with E-state index in [4.69, 9.17) is 0 Å². The fourth-order valence-corrected chi connectivity index (χ4v) is 4.86.